The molecule has 0 bridgehead atoms. The summed E-state index contributed by atoms with van der Waals surface area (Å²) >= 11 is 0. The Morgan fingerprint density at radius 3 is 2.24 bits per heavy atom. The van der Waals surface area contributed by atoms with Crippen molar-refractivity contribution in [3.63, 3.8) is 0 Å². The topological polar surface area (TPSA) is 55.7 Å². The van der Waals surface area contributed by atoms with Gasteiger partial charge in [0.15, 0.2) is 5.78 Å². The molecular formula is C25H23NO3. The first-order valence-electron chi connectivity index (χ1n) is 10.2. The second kappa shape index (κ2) is 6.80. The molecule has 5 rings (SSSR count). The van der Waals surface area contributed by atoms with Crippen molar-refractivity contribution in [3.8, 4) is 0 Å². The van der Waals surface area contributed by atoms with Gasteiger partial charge in [0, 0.05) is 18.3 Å². The maximum absolute atomic E-state index is 13.4. The fourth-order valence-corrected chi connectivity index (χ4v) is 5.77. The second-order valence-corrected chi connectivity index (χ2v) is 8.31. The number of rotatable bonds is 2. The third kappa shape index (κ3) is 2.62. The lowest BCUT2D eigenvalue weighted by atomic mass is 9.49. The summed E-state index contributed by atoms with van der Waals surface area (Å²) in [6.07, 6.45) is 3.79. The second-order valence-electron chi connectivity index (χ2n) is 8.31. The summed E-state index contributed by atoms with van der Waals surface area (Å²) in [6, 6.07) is 20.3. The van der Waals surface area contributed by atoms with E-state index in [1.165, 1.54) is 0 Å². The Hall–Kier alpha value is -3.01. The summed E-state index contributed by atoms with van der Waals surface area (Å²) < 4.78 is 0. The van der Waals surface area contributed by atoms with Crippen molar-refractivity contribution >= 4 is 17.5 Å². The van der Waals surface area contributed by atoms with Crippen LogP contribution >= 0.6 is 0 Å². The van der Waals surface area contributed by atoms with Crippen LogP contribution in [0.1, 0.15) is 49.1 Å². The van der Waals surface area contributed by atoms with Gasteiger partial charge in [-0.1, -0.05) is 71.4 Å². The van der Waals surface area contributed by atoms with Gasteiger partial charge in [-0.25, -0.2) is 4.79 Å². The number of ketones is 1. The minimum atomic E-state index is -0.856. The molecule has 2 aliphatic carbocycles. The van der Waals surface area contributed by atoms with E-state index >= 15 is 0 Å². The molecule has 1 saturated carbocycles. The van der Waals surface area contributed by atoms with Gasteiger partial charge in [0.25, 0.3) is 0 Å². The van der Waals surface area contributed by atoms with Crippen LogP contribution in [-0.2, 0) is 14.4 Å². The van der Waals surface area contributed by atoms with E-state index in [9.17, 15) is 9.59 Å². The number of hydrogen-bond acceptors (Lipinski definition) is 4. The van der Waals surface area contributed by atoms with Crippen molar-refractivity contribution in [2.24, 2.45) is 16.5 Å². The average Bonchev–Trinajstić information content (AvgIpc) is 3.04. The maximum Gasteiger partial charge on any atom is 0.348 e. The van der Waals surface area contributed by atoms with E-state index in [1.807, 2.05) is 49.4 Å². The Balaban J connectivity index is 1.78. The highest BCUT2D eigenvalue weighted by Crippen LogP contribution is 2.63. The third-order valence-electron chi connectivity index (χ3n) is 6.97. The molecule has 0 saturated heterocycles. The Labute approximate surface area is 170 Å². The van der Waals surface area contributed by atoms with Gasteiger partial charge in [0.1, 0.15) is 5.41 Å². The number of nitrogens with zero attached hydrogens (tertiary/aromatic N) is 1. The highest BCUT2D eigenvalue weighted by Gasteiger charge is 2.64. The minimum Gasteiger partial charge on any atom is -0.317 e. The fraction of sp³-hybridized carbons (Fsp3) is 0.320. The van der Waals surface area contributed by atoms with Crippen molar-refractivity contribution in [1.82, 2.24) is 0 Å². The lowest BCUT2D eigenvalue weighted by Gasteiger charge is -2.51. The number of allylic oxidation sites excluding steroid dienone is 2. The number of hydrogen-bond donors (Lipinski definition) is 0. The van der Waals surface area contributed by atoms with Gasteiger partial charge in [-0.2, -0.15) is 0 Å². The first-order valence-corrected chi connectivity index (χ1v) is 10.2. The molecule has 2 aromatic rings. The predicted octanol–water partition coefficient (Wildman–Crippen LogP) is 4.78. The molecule has 0 N–H and O–H groups in total. The van der Waals surface area contributed by atoms with Crippen molar-refractivity contribution in [2.45, 2.75) is 38.0 Å². The van der Waals surface area contributed by atoms with Gasteiger partial charge >= 0.3 is 5.97 Å². The van der Waals surface area contributed by atoms with Crippen LogP contribution in [0.25, 0.3) is 0 Å². The molecule has 0 unspecified atom stereocenters. The molecule has 4 heteroatoms. The number of carbonyl (C=O) groups is 2. The third-order valence-corrected chi connectivity index (χ3v) is 6.97. The normalized spacial score (nSPS) is 31.1. The number of benzene rings is 2. The monoisotopic (exact) mass is 385 g/mol. The van der Waals surface area contributed by atoms with E-state index in [0.717, 1.165) is 28.8 Å². The minimum absolute atomic E-state index is 0.110. The van der Waals surface area contributed by atoms with Crippen LogP contribution in [0.5, 0.6) is 0 Å². The summed E-state index contributed by atoms with van der Waals surface area (Å²) in [4.78, 5) is 31.0. The van der Waals surface area contributed by atoms with Crippen LogP contribution in [0.4, 0.5) is 0 Å². The predicted molar refractivity (Wildman–Crippen MR) is 110 cm³/mol. The SMILES string of the molecule is CC1=NOC(=O)[C@]12[C@@H](c1ccccc1)CC1=CC(=O)CC[C@@H]1[C@H]2c1ccccc1. The largest absolute Gasteiger partial charge is 0.348 e. The van der Waals surface area contributed by atoms with E-state index < -0.39 is 5.41 Å². The molecular weight excluding hydrogens is 362 g/mol. The molecule has 3 aliphatic rings. The van der Waals surface area contributed by atoms with E-state index in [1.54, 1.807) is 0 Å². The van der Waals surface area contributed by atoms with Crippen LogP contribution in [0.3, 0.4) is 0 Å². The maximum atomic E-state index is 13.4. The van der Waals surface area contributed by atoms with Crippen molar-refractivity contribution < 1.29 is 14.4 Å². The van der Waals surface area contributed by atoms with Crippen molar-refractivity contribution in [1.29, 1.82) is 0 Å². The van der Waals surface area contributed by atoms with Crippen molar-refractivity contribution in [3.05, 3.63) is 83.4 Å². The molecule has 4 atom stereocenters. The lowest BCUT2D eigenvalue weighted by Crippen LogP contribution is -2.52. The molecule has 1 heterocycles. The van der Waals surface area contributed by atoms with Gasteiger partial charge in [-0.3, -0.25) is 4.79 Å². The van der Waals surface area contributed by atoms with Gasteiger partial charge in [-0.05, 0) is 42.9 Å². The van der Waals surface area contributed by atoms with Crippen LogP contribution in [0.2, 0.25) is 0 Å². The summed E-state index contributed by atoms with van der Waals surface area (Å²) in [6.45, 7) is 1.92. The molecule has 4 nitrogen and oxygen atoms in total. The van der Waals surface area contributed by atoms with Gasteiger partial charge < -0.3 is 4.84 Å². The van der Waals surface area contributed by atoms with Crippen molar-refractivity contribution in [2.75, 3.05) is 0 Å². The molecule has 1 fully saturated rings. The molecule has 0 amide bonds. The van der Waals surface area contributed by atoms with E-state index in [-0.39, 0.29) is 29.5 Å². The molecule has 1 spiro atoms. The number of oxime groups is 1. The quantitative estimate of drug-likeness (QED) is 0.699. The zero-order valence-corrected chi connectivity index (χ0v) is 16.4. The summed E-state index contributed by atoms with van der Waals surface area (Å²) in [7, 11) is 0. The molecule has 146 valence electrons. The number of carbonyl (C=O) groups excluding carboxylic acids is 2. The van der Waals surface area contributed by atoms with Gasteiger partial charge in [0.05, 0.1) is 5.71 Å². The number of fused-ring (bicyclic) bond motifs is 1. The smallest absolute Gasteiger partial charge is 0.317 e. The summed E-state index contributed by atoms with van der Waals surface area (Å²) in [5, 5.41) is 4.18. The average molecular weight is 385 g/mol. The Morgan fingerprint density at radius 2 is 1.62 bits per heavy atom. The first kappa shape index (κ1) is 18.0. The lowest BCUT2D eigenvalue weighted by molar-refractivity contribution is -0.151. The molecule has 0 radical (unpaired) electrons. The van der Waals surface area contributed by atoms with Crippen LogP contribution in [0.15, 0.2) is 77.5 Å². The highest BCUT2D eigenvalue weighted by molar-refractivity contribution is 6.11. The van der Waals surface area contributed by atoms with Crippen LogP contribution < -0.4 is 0 Å². The molecule has 29 heavy (non-hydrogen) atoms. The molecule has 0 aromatic heterocycles. The Kier molecular flexibility index (Phi) is 4.23. The molecule has 1 aliphatic heterocycles. The van der Waals surface area contributed by atoms with Crippen LogP contribution in [-0.4, -0.2) is 17.5 Å². The molecule has 2 aromatic carbocycles. The van der Waals surface area contributed by atoms with E-state index in [0.29, 0.717) is 12.8 Å². The Bertz CT molecular complexity index is 1020. The van der Waals surface area contributed by atoms with Gasteiger partial charge in [-0.15, -0.1) is 0 Å². The summed E-state index contributed by atoms with van der Waals surface area (Å²) in [5.74, 6) is -0.188. The zero-order valence-electron chi connectivity index (χ0n) is 16.4. The van der Waals surface area contributed by atoms with E-state index in [4.69, 9.17) is 4.84 Å². The Morgan fingerprint density at radius 1 is 0.966 bits per heavy atom. The fourth-order valence-electron chi connectivity index (χ4n) is 5.77. The van der Waals surface area contributed by atoms with Crippen LogP contribution in [0, 0.1) is 11.3 Å². The van der Waals surface area contributed by atoms with Gasteiger partial charge in [0.2, 0.25) is 0 Å². The zero-order chi connectivity index (χ0) is 20.0. The first-order chi connectivity index (χ1) is 14.1. The highest BCUT2D eigenvalue weighted by atomic mass is 16.7. The standard InChI is InChI=1S/C25H23NO3/c1-16-25(24(28)29-26-16)22(17-8-4-2-5-9-17)15-19-14-20(27)12-13-21(19)23(25)18-10-6-3-7-11-18/h2-11,14,21-23H,12-13,15H2,1H3/t21-,22+,23+,25-/m0/s1. The summed E-state index contributed by atoms with van der Waals surface area (Å²) in [5.41, 5.74) is 3.22. The van der Waals surface area contributed by atoms with E-state index in [2.05, 4.69) is 29.4 Å².